The number of imide groups is 1. The van der Waals surface area contributed by atoms with Crippen molar-refractivity contribution in [3.05, 3.63) is 88.2 Å². The molecule has 4 aromatic rings. The summed E-state index contributed by atoms with van der Waals surface area (Å²) in [6.07, 6.45) is 6.21. The average molecular weight is 757 g/mol. The van der Waals surface area contributed by atoms with Gasteiger partial charge in [-0.05, 0) is 105 Å². The number of phenols is 1. The molecule has 3 fully saturated rings. The molecule has 13 heteroatoms. The first-order chi connectivity index (χ1) is 27.1. The maximum atomic E-state index is 13.4. The molecule has 0 bridgehead atoms. The van der Waals surface area contributed by atoms with Crippen molar-refractivity contribution in [2.75, 3.05) is 36.4 Å². The number of fused-ring (bicyclic) bond motifs is 4. The van der Waals surface area contributed by atoms with Crippen molar-refractivity contribution in [1.29, 1.82) is 0 Å². The predicted octanol–water partition coefficient (Wildman–Crippen LogP) is 5.23. The monoisotopic (exact) mass is 756 g/mol. The van der Waals surface area contributed by atoms with Gasteiger partial charge in [-0.2, -0.15) is 0 Å². The number of aromatic hydroxyl groups is 1. The SMILES string of the molecule is CC[C@]12CNc3nnc(-c4cccc(C)c4O)cc3N1C[C@H](Oc1cnc(CN3CCC(c4ccc5c(c4)C(=O)N([C@H]4CCC(=O)NC4=O)C5)CC3)c(C)c1)C2. The molecule has 2 aromatic carbocycles. The first kappa shape index (κ1) is 36.1. The van der Waals surface area contributed by atoms with Gasteiger partial charge < -0.3 is 25.0 Å². The first-order valence-electron chi connectivity index (χ1n) is 19.9. The highest BCUT2D eigenvalue weighted by atomic mass is 16.5. The summed E-state index contributed by atoms with van der Waals surface area (Å²) in [5.41, 5.74) is 7.89. The number of pyridine rings is 1. The fourth-order valence-corrected chi connectivity index (χ4v) is 9.48. The summed E-state index contributed by atoms with van der Waals surface area (Å²) in [7, 11) is 0. The van der Waals surface area contributed by atoms with E-state index in [9.17, 15) is 19.5 Å². The van der Waals surface area contributed by atoms with Crippen molar-refractivity contribution in [1.82, 2.24) is 30.3 Å². The minimum Gasteiger partial charge on any atom is -0.507 e. The summed E-state index contributed by atoms with van der Waals surface area (Å²) in [6.45, 7) is 10.7. The van der Waals surface area contributed by atoms with Crippen LogP contribution in [0.15, 0.2) is 54.7 Å². The first-order valence-corrected chi connectivity index (χ1v) is 19.9. The minimum absolute atomic E-state index is 0.0345. The van der Waals surface area contributed by atoms with E-state index < -0.39 is 6.04 Å². The largest absolute Gasteiger partial charge is 0.507 e. The van der Waals surface area contributed by atoms with Crippen LogP contribution in [-0.2, 0) is 22.7 Å². The highest BCUT2D eigenvalue weighted by Crippen LogP contribution is 2.45. The van der Waals surface area contributed by atoms with Crippen LogP contribution in [0.5, 0.6) is 11.5 Å². The van der Waals surface area contributed by atoms with E-state index >= 15 is 0 Å². The molecule has 7 heterocycles. The van der Waals surface area contributed by atoms with E-state index in [-0.39, 0.29) is 41.5 Å². The van der Waals surface area contributed by atoms with Crippen molar-refractivity contribution in [3.63, 3.8) is 0 Å². The molecule has 0 saturated carbocycles. The van der Waals surface area contributed by atoms with Crippen LogP contribution < -0.4 is 20.3 Å². The summed E-state index contributed by atoms with van der Waals surface area (Å²) in [6, 6.07) is 15.4. The van der Waals surface area contributed by atoms with Gasteiger partial charge in [0.25, 0.3) is 5.91 Å². The Kier molecular flexibility index (Phi) is 9.14. The fraction of sp³-hybridized carbons (Fsp3) is 0.442. The zero-order chi connectivity index (χ0) is 38.7. The second-order valence-corrected chi connectivity index (χ2v) is 16.2. The van der Waals surface area contributed by atoms with E-state index in [1.54, 1.807) is 4.90 Å². The lowest BCUT2D eigenvalue weighted by atomic mass is 9.87. The Morgan fingerprint density at radius 2 is 1.82 bits per heavy atom. The number of likely N-dealkylation sites (tertiary alicyclic amines) is 1. The minimum atomic E-state index is -0.599. The molecule has 3 amide bonds. The smallest absolute Gasteiger partial charge is 0.255 e. The number of rotatable bonds is 8. The number of benzene rings is 2. The number of nitrogens with zero attached hydrogens (tertiary/aromatic N) is 6. The quantitative estimate of drug-likeness (QED) is 0.203. The van der Waals surface area contributed by atoms with Crippen molar-refractivity contribution in [2.45, 2.75) is 96.0 Å². The zero-order valence-corrected chi connectivity index (χ0v) is 32.2. The molecule has 0 aliphatic carbocycles. The van der Waals surface area contributed by atoms with Crippen molar-refractivity contribution in [2.24, 2.45) is 0 Å². The summed E-state index contributed by atoms with van der Waals surface area (Å²) in [5.74, 6) is 1.32. The topological polar surface area (TPSA) is 153 Å². The number of nitrogens with one attached hydrogen (secondary N) is 2. The summed E-state index contributed by atoms with van der Waals surface area (Å²) < 4.78 is 6.66. The van der Waals surface area contributed by atoms with Crippen LogP contribution in [0, 0.1) is 13.8 Å². The molecule has 0 unspecified atom stereocenters. The Morgan fingerprint density at radius 1 is 0.982 bits per heavy atom. The number of phenolic OH excluding ortho intramolecular Hbond substituents is 1. The van der Waals surface area contributed by atoms with Gasteiger partial charge in [-0.1, -0.05) is 31.2 Å². The third-order valence-corrected chi connectivity index (χ3v) is 12.8. The molecule has 13 nitrogen and oxygen atoms in total. The van der Waals surface area contributed by atoms with Crippen LogP contribution in [0.4, 0.5) is 11.5 Å². The number of hydrogen-bond donors (Lipinski definition) is 3. The standard InChI is InChI=1S/C43H48N8O5/c1-4-43-19-31(22-51(43)37-18-34(47-48-40(37)45-24-43)32-7-5-6-25(2)39(32)53)56-30-16-26(3)35(44-20-30)23-49-14-12-27(13-15-49)28-8-9-29-21-50(42(55)33(29)17-28)36-10-11-38(52)46-41(36)54/h5-9,16-18,20,27,31,36,53H,4,10-15,19,21-24H2,1-3H3,(H,45,48)(H,46,52,54)/t31-,36+,43+/m1/s1. The van der Waals surface area contributed by atoms with Crippen molar-refractivity contribution in [3.8, 4) is 22.8 Å². The van der Waals surface area contributed by atoms with E-state index in [0.717, 1.165) is 91.5 Å². The van der Waals surface area contributed by atoms with Gasteiger partial charge >= 0.3 is 0 Å². The van der Waals surface area contributed by atoms with Crippen LogP contribution in [0.25, 0.3) is 11.3 Å². The van der Waals surface area contributed by atoms with E-state index in [1.807, 2.05) is 49.5 Å². The van der Waals surface area contributed by atoms with E-state index in [2.05, 4.69) is 56.6 Å². The number of piperidine rings is 2. The van der Waals surface area contributed by atoms with E-state index in [1.165, 1.54) is 5.56 Å². The lowest BCUT2D eigenvalue weighted by Gasteiger charge is -2.43. The molecule has 3 saturated heterocycles. The van der Waals surface area contributed by atoms with Crippen LogP contribution >= 0.6 is 0 Å². The second kappa shape index (κ2) is 14.2. The number of amides is 3. The highest BCUT2D eigenvalue weighted by Gasteiger charge is 2.49. The number of ether oxygens (including phenoxy) is 1. The number of aryl methyl sites for hydroxylation is 2. The van der Waals surface area contributed by atoms with E-state index in [4.69, 9.17) is 9.72 Å². The molecule has 3 N–H and O–H groups in total. The maximum absolute atomic E-state index is 13.4. The molecule has 5 aliphatic rings. The molecule has 290 valence electrons. The maximum Gasteiger partial charge on any atom is 0.255 e. The van der Waals surface area contributed by atoms with Gasteiger partial charge in [0.1, 0.15) is 23.6 Å². The second-order valence-electron chi connectivity index (χ2n) is 16.2. The number of anilines is 2. The molecule has 0 spiro atoms. The summed E-state index contributed by atoms with van der Waals surface area (Å²) in [5, 5.41) is 25.6. The normalized spacial score (nSPS) is 23.7. The molecule has 2 aromatic heterocycles. The van der Waals surface area contributed by atoms with Crippen LogP contribution in [0.1, 0.15) is 89.7 Å². The summed E-state index contributed by atoms with van der Waals surface area (Å²) >= 11 is 0. The van der Waals surface area contributed by atoms with Crippen molar-refractivity contribution < 1.29 is 24.2 Å². The van der Waals surface area contributed by atoms with Gasteiger partial charge in [0.15, 0.2) is 5.82 Å². The molecule has 9 rings (SSSR count). The van der Waals surface area contributed by atoms with Gasteiger partial charge in [0.05, 0.1) is 35.4 Å². The van der Waals surface area contributed by atoms with Crippen molar-refractivity contribution >= 4 is 29.2 Å². The lowest BCUT2D eigenvalue weighted by Crippen LogP contribution is -2.52. The average Bonchev–Trinajstić information content (AvgIpc) is 3.74. The fourth-order valence-electron chi connectivity index (χ4n) is 9.48. The van der Waals surface area contributed by atoms with E-state index in [0.29, 0.717) is 42.2 Å². The van der Waals surface area contributed by atoms with Gasteiger partial charge in [-0.15, -0.1) is 10.2 Å². The summed E-state index contributed by atoms with van der Waals surface area (Å²) in [4.78, 5) is 48.9. The Bertz CT molecular complexity index is 2240. The van der Waals surface area contributed by atoms with Crippen LogP contribution in [-0.4, -0.2) is 91.7 Å². The Labute approximate surface area is 326 Å². The number of hydrogen-bond acceptors (Lipinski definition) is 11. The Morgan fingerprint density at radius 3 is 2.61 bits per heavy atom. The predicted molar refractivity (Wildman–Crippen MR) is 210 cm³/mol. The van der Waals surface area contributed by atoms with Gasteiger partial charge in [-0.25, -0.2) is 0 Å². The van der Waals surface area contributed by atoms with Gasteiger partial charge in [0, 0.05) is 43.6 Å². The lowest BCUT2D eigenvalue weighted by molar-refractivity contribution is -0.136. The number of aromatic nitrogens is 3. The molecular weight excluding hydrogens is 709 g/mol. The molecule has 3 atom stereocenters. The Hall–Kier alpha value is -5.56. The van der Waals surface area contributed by atoms with Gasteiger partial charge in [0.2, 0.25) is 11.8 Å². The zero-order valence-electron chi connectivity index (χ0n) is 32.2. The Balaban J connectivity index is 0.818. The highest BCUT2D eigenvalue weighted by molar-refractivity contribution is 6.05. The molecule has 5 aliphatic heterocycles. The third-order valence-electron chi connectivity index (χ3n) is 12.8. The van der Waals surface area contributed by atoms with Crippen LogP contribution in [0.2, 0.25) is 0 Å². The van der Waals surface area contributed by atoms with Crippen LogP contribution in [0.3, 0.4) is 0 Å². The number of carbonyl (C=O) groups excluding carboxylic acids is 3. The van der Waals surface area contributed by atoms with Gasteiger partial charge in [-0.3, -0.25) is 29.6 Å². The molecule has 0 radical (unpaired) electrons. The third kappa shape index (κ3) is 6.41. The number of carbonyl (C=O) groups is 3. The molecular formula is C43H48N8O5. The molecule has 56 heavy (non-hydrogen) atoms. The number of para-hydroxylation sites is 1.